The smallest absolute Gasteiger partial charge is 0.312 e. The molecule has 1 aliphatic rings. The van der Waals surface area contributed by atoms with Crippen LogP contribution in [-0.2, 0) is 19.1 Å². The van der Waals surface area contributed by atoms with Gasteiger partial charge in [-0.3, -0.25) is 14.4 Å². The molecular formula is C14H24N2O4. The van der Waals surface area contributed by atoms with Gasteiger partial charge in [-0.05, 0) is 27.2 Å². The van der Waals surface area contributed by atoms with Gasteiger partial charge >= 0.3 is 17.8 Å². The molecule has 114 valence electrons. The number of ether oxygens (including phenoxy) is 1. The molecule has 1 fully saturated rings. The van der Waals surface area contributed by atoms with Gasteiger partial charge in [-0.15, -0.1) is 0 Å². The number of carbonyl (C=O) groups excluding carboxylic acids is 3. The molecule has 1 heterocycles. The van der Waals surface area contributed by atoms with E-state index in [1.165, 1.54) is 4.90 Å². The Kier molecular flexibility index (Phi) is 5.53. The summed E-state index contributed by atoms with van der Waals surface area (Å²) in [5.74, 6) is -1.34. The van der Waals surface area contributed by atoms with Crippen molar-refractivity contribution in [3.05, 3.63) is 0 Å². The second kappa shape index (κ2) is 6.72. The zero-order valence-electron chi connectivity index (χ0n) is 12.8. The zero-order chi connectivity index (χ0) is 15.3. The maximum Gasteiger partial charge on any atom is 0.312 e. The lowest BCUT2D eigenvalue weighted by Crippen LogP contribution is -2.54. The van der Waals surface area contributed by atoms with E-state index in [0.29, 0.717) is 19.6 Å². The monoisotopic (exact) mass is 284 g/mol. The Morgan fingerprint density at radius 1 is 1.10 bits per heavy atom. The Labute approximate surface area is 120 Å². The second-order valence-corrected chi connectivity index (χ2v) is 5.92. The maximum absolute atomic E-state index is 11.9. The molecule has 6 heteroatoms. The fourth-order valence-corrected chi connectivity index (χ4v) is 2.03. The molecule has 0 radical (unpaired) electrons. The Hall–Kier alpha value is -1.59. The highest BCUT2D eigenvalue weighted by Gasteiger charge is 2.32. The summed E-state index contributed by atoms with van der Waals surface area (Å²) in [5.41, 5.74) is -0.531. The van der Waals surface area contributed by atoms with Crippen molar-refractivity contribution in [1.29, 1.82) is 0 Å². The fourth-order valence-electron chi connectivity index (χ4n) is 2.03. The van der Waals surface area contributed by atoms with Gasteiger partial charge in [0.15, 0.2) is 0 Å². The fraction of sp³-hybridized carbons (Fsp3) is 0.786. The van der Waals surface area contributed by atoms with Gasteiger partial charge in [-0.25, -0.2) is 0 Å². The standard InChI is InChI=1S/C14H24N2O4/c1-5-7-15-9-10-16(13(19)12(15)18)8-6-11(17)20-14(2,3)4/h5-10H2,1-4H3. The lowest BCUT2D eigenvalue weighted by Gasteiger charge is -2.33. The van der Waals surface area contributed by atoms with Crippen LogP contribution in [0.4, 0.5) is 0 Å². The SMILES string of the molecule is CCCN1CCN(CCC(=O)OC(C)(C)C)C(=O)C1=O. The number of amides is 2. The van der Waals surface area contributed by atoms with Crippen molar-refractivity contribution in [3.63, 3.8) is 0 Å². The van der Waals surface area contributed by atoms with Gasteiger partial charge in [-0.2, -0.15) is 0 Å². The summed E-state index contributed by atoms with van der Waals surface area (Å²) in [7, 11) is 0. The Bertz CT molecular complexity index is 387. The summed E-state index contributed by atoms with van der Waals surface area (Å²) in [4.78, 5) is 38.3. The predicted molar refractivity (Wildman–Crippen MR) is 73.9 cm³/mol. The van der Waals surface area contributed by atoms with Crippen molar-refractivity contribution in [1.82, 2.24) is 9.80 Å². The molecule has 1 rings (SSSR count). The van der Waals surface area contributed by atoms with Gasteiger partial charge in [-0.1, -0.05) is 6.92 Å². The van der Waals surface area contributed by atoms with E-state index in [1.54, 1.807) is 25.7 Å². The first-order valence-electron chi connectivity index (χ1n) is 7.04. The van der Waals surface area contributed by atoms with E-state index in [2.05, 4.69) is 0 Å². The Balaban J connectivity index is 2.45. The highest BCUT2D eigenvalue weighted by atomic mass is 16.6. The summed E-state index contributed by atoms with van der Waals surface area (Å²) in [6.45, 7) is 9.20. The third-order valence-corrected chi connectivity index (χ3v) is 2.90. The molecule has 0 bridgehead atoms. The van der Waals surface area contributed by atoms with Crippen LogP contribution in [0.1, 0.15) is 40.5 Å². The first kappa shape index (κ1) is 16.5. The van der Waals surface area contributed by atoms with Crippen LogP contribution in [0.15, 0.2) is 0 Å². The Morgan fingerprint density at radius 2 is 1.60 bits per heavy atom. The van der Waals surface area contributed by atoms with Gasteiger partial charge in [0.05, 0.1) is 6.42 Å². The quantitative estimate of drug-likeness (QED) is 0.553. The molecule has 2 amide bonds. The van der Waals surface area contributed by atoms with Crippen molar-refractivity contribution >= 4 is 17.8 Å². The number of piperazine rings is 1. The van der Waals surface area contributed by atoms with E-state index in [4.69, 9.17) is 4.74 Å². The molecule has 0 aromatic rings. The minimum Gasteiger partial charge on any atom is -0.460 e. The lowest BCUT2D eigenvalue weighted by molar-refractivity contribution is -0.159. The van der Waals surface area contributed by atoms with E-state index in [-0.39, 0.29) is 18.9 Å². The van der Waals surface area contributed by atoms with Crippen molar-refractivity contribution < 1.29 is 19.1 Å². The molecule has 1 saturated heterocycles. The van der Waals surface area contributed by atoms with Crippen LogP contribution in [0, 0.1) is 0 Å². The summed E-state index contributed by atoms with van der Waals surface area (Å²) in [6, 6.07) is 0. The van der Waals surface area contributed by atoms with Crippen LogP contribution >= 0.6 is 0 Å². The van der Waals surface area contributed by atoms with Crippen LogP contribution in [0.3, 0.4) is 0 Å². The number of carbonyl (C=O) groups is 3. The topological polar surface area (TPSA) is 66.9 Å². The van der Waals surface area contributed by atoms with E-state index in [9.17, 15) is 14.4 Å². The van der Waals surface area contributed by atoms with Crippen molar-refractivity contribution in [2.45, 2.75) is 46.1 Å². The second-order valence-electron chi connectivity index (χ2n) is 5.92. The summed E-state index contributed by atoms with van der Waals surface area (Å²) in [6.07, 6.45) is 0.945. The van der Waals surface area contributed by atoms with Crippen molar-refractivity contribution in [3.8, 4) is 0 Å². The molecule has 0 aromatic heterocycles. The number of hydrogen-bond donors (Lipinski definition) is 0. The third kappa shape index (κ3) is 4.83. The normalized spacial score (nSPS) is 16.6. The number of rotatable bonds is 5. The van der Waals surface area contributed by atoms with Crippen LogP contribution in [0.2, 0.25) is 0 Å². The maximum atomic E-state index is 11.9. The molecule has 0 N–H and O–H groups in total. The number of esters is 1. The molecule has 0 spiro atoms. The van der Waals surface area contributed by atoms with Crippen LogP contribution < -0.4 is 0 Å². The molecule has 0 aliphatic carbocycles. The minimum atomic E-state index is -0.531. The van der Waals surface area contributed by atoms with E-state index in [1.807, 2.05) is 6.92 Å². The molecule has 0 unspecified atom stereocenters. The summed E-state index contributed by atoms with van der Waals surface area (Å²) >= 11 is 0. The summed E-state index contributed by atoms with van der Waals surface area (Å²) < 4.78 is 5.18. The van der Waals surface area contributed by atoms with E-state index in [0.717, 1.165) is 6.42 Å². The molecular weight excluding hydrogens is 260 g/mol. The highest BCUT2D eigenvalue weighted by Crippen LogP contribution is 2.10. The van der Waals surface area contributed by atoms with Crippen LogP contribution in [0.5, 0.6) is 0 Å². The first-order chi connectivity index (χ1) is 9.24. The third-order valence-electron chi connectivity index (χ3n) is 2.90. The van der Waals surface area contributed by atoms with Gasteiger partial charge in [0.1, 0.15) is 5.60 Å². The number of hydrogen-bond acceptors (Lipinski definition) is 4. The molecule has 6 nitrogen and oxygen atoms in total. The first-order valence-corrected chi connectivity index (χ1v) is 7.04. The molecule has 0 aromatic carbocycles. The average Bonchev–Trinajstić information content (AvgIpc) is 2.32. The van der Waals surface area contributed by atoms with Crippen LogP contribution in [0.25, 0.3) is 0 Å². The van der Waals surface area contributed by atoms with Crippen molar-refractivity contribution in [2.24, 2.45) is 0 Å². The molecule has 0 atom stereocenters. The van der Waals surface area contributed by atoms with Gasteiger partial charge in [0.2, 0.25) is 0 Å². The number of nitrogens with zero attached hydrogens (tertiary/aromatic N) is 2. The molecule has 20 heavy (non-hydrogen) atoms. The average molecular weight is 284 g/mol. The van der Waals surface area contributed by atoms with E-state index < -0.39 is 17.4 Å². The summed E-state index contributed by atoms with van der Waals surface area (Å²) in [5, 5.41) is 0. The highest BCUT2D eigenvalue weighted by molar-refractivity contribution is 6.35. The predicted octanol–water partition coefficient (Wildman–Crippen LogP) is 0.799. The molecule has 1 aliphatic heterocycles. The largest absolute Gasteiger partial charge is 0.460 e. The van der Waals surface area contributed by atoms with Gasteiger partial charge in [0.25, 0.3) is 0 Å². The zero-order valence-corrected chi connectivity index (χ0v) is 12.8. The van der Waals surface area contributed by atoms with Crippen LogP contribution in [-0.4, -0.2) is 59.4 Å². The van der Waals surface area contributed by atoms with Gasteiger partial charge < -0.3 is 14.5 Å². The van der Waals surface area contributed by atoms with Crippen molar-refractivity contribution in [2.75, 3.05) is 26.2 Å². The molecule has 0 saturated carbocycles. The minimum absolute atomic E-state index is 0.115. The van der Waals surface area contributed by atoms with Gasteiger partial charge in [0, 0.05) is 26.2 Å². The Morgan fingerprint density at radius 3 is 2.05 bits per heavy atom. The van der Waals surface area contributed by atoms with E-state index >= 15 is 0 Å². The lowest BCUT2D eigenvalue weighted by atomic mass is 10.2.